The van der Waals surface area contributed by atoms with Crippen molar-refractivity contribution in [1.29, 1.82) is 0 Å². The fraction of sp³-hybridized carbons (Fsp3) is 0.350. The molecule has 0 spiro atoms. The number of amides is 1. The minimum Gasteiger partial charge on any atom is -0.347 e. The lowest BCUT2D eigenvalue weighted by molar-refractivity contribution is -0.118. The molecule has 0 unspecified atom stereocenters. The Morgan fingerprint density at radius 2 is 1.96 bits per heavy atom. The van der Waals surface area contributed by atoms with Gasteiger partial charge < -0.3 is 5.32 Å². The van der Waals surface area contributed by atoms with Gasteiger partial charge in [0.15, 0.2) is 0 Å². The zero-order valence-corrected chi connectivity index (χ0v) is 15.9. The van der Waals surface area contributed by atoms with Crippen LogP contribution in [0.2, 0.25) is 5.02 Å². The van der Waals surface area contributed by atoms with Gasteiger partial charge in [0.05, 0.1) is 11.3 Å². The number of hydrogen-bond donors (Lipinski definition) is 1. The van der Waals surface area contributed by atoms with E-state index in [2.05, 4.69) is 10.3 Å². The second kappa shape index (κ2) is 8.41. The van der Waals surface area contributed by atoms with Crippen LogP contribution in [0, 0.1) is 5.82 Å². The predicted molar refractivity (Wildman–Crippen MR) is 99.9 cm³/mol. The van der Waals surface area contributed by atoms with E-state index in [4.69, 9.17) is 11.6 Å². The predicted octanol–water partition coefficient (Wildman–Crippen LogP) is 4.15. The summed E-state index contributed by atoms with van der Waals surface area (Å²) < 4.78 is 13.7. The van der Waals surface area contributed by atoms with E-state index >= 15 is 0 Å². The van der Waals surface area contributed by atoms with Gasteiger partial charge in [0, 0.05) is 29.6 Å². The maximum Gasteiger partial charge on any atom is 0.253 e. The third-order valence-corrected chi connectivity index (χ3v) is 3.90. The standard InChI is InChI=1S/C20H22ClFN2O2/c1-20(2,3)24-19(26)16-5-4-10-23-18(16)12-15(25)8-6-13-11-14(21)7-9-17(13)22/h4-5,7,9-11H,6,8,12H2,1-3H3,(H,24,26). The van der Waals surface area contributed by atoms with Gasteiger partial charge in [-0.3, -0.25) is 14.6 Å². The lowest BCUT2D eigenvalue weighted by Crippen LogP contribution is -2.41. The summed E-state index contributed by atoms with van der Waals surface area (Å²) >= 11 is 5.86. The van der Waals surface area contributed by atoms with Gasteiger partial charge in [-0.15, -0.1) is 0 Å². The van der Waals surface area contributed by atoms with Crippen molar-refractivity contribution >= 4 is 23.3 Å². The fourth-order valence-electron chi connectivity index (χ4n) is 2.48. The first-order valence-corrected chi connectivity index (χ1v) is 8.75. The molecule has 1 aromatic carbocycles. The quantitative estimate of drug-likeness (QED) is 0.824. The van der Waals surface area contributed by atoms with Gasteiger partial charge in [-0.05, 0) is 63.1 Å². The molecule has 1 amide bonds. The van der Waals surface area contributed by atoms with Crippen molar-refractivity contribution in [1.82, 2.24) is 10.3 Å². The van der Waals surface area contributed by atoms with Crippen molar-refractivity contribution in [2.24, 2.45) is 0 Å². The summed E-state index contributed by atoms with van der Waals surface area (Å²) in [5, 5.41) is 3.30. The number of benzene rings is 1. The largest absolute Gasteiger partial charge is 0.347 e. The Bertz CT molecular complexity index is 816. The highest BCUT2D eigenvalue weighted by Gasteiger charge is 2.19. The van der Waals surface area contributed by atoms with Crippen molar-refractivity contribution in [3.05, 3.63) is 64.2 Å². The van der Waals surface area contributed by atoms with Gasteiger partial charge >= 0.3 is 0 Å². The lowest BCUT2D eigenvalue weighted by atomic mass is 10.0. The first-order valence-electron chi connectivity index (χ1n) is 8.38. The Balaban J connectivity index is 2.05. The fourth-order valence-corrected chi connectivity index (χ4v) is 2.67. The number of aryl methyl sites for hydroxylation is 1. The number of nitrogens with one attached hydrogen (secondary N) is 1. The minimum atomic E-state index is -0.391. The summed E-state index contributed by atoms with van der Waals surface area (Å²) in [6, 6.07) is 7.58. The van der Waals surface area contributed by atoms with Crippen LogP contribution in [0.1, 0.15) is 48.8 Å². The molecule has 0 bridgehead atoms. The Labute approximate surface area is 157 Å². The van der Waals surface area contributed by atoms with E-state index in [0.29, 0.717) is 21.8 Å². The number of rotatable bonds is 6. The molecule has 0 aliphatic heterocycles. The van der Waals surface area contributed by atoms with Crippen molar-refractivity contribution < 1.29 is 14.0 Å². The number of Topliss-reactive ketones (excluding diaryl/α,β-unsaturated/α-hetero) is 1. The molecule has 1 N–H and O–H groups in total. The van der Waals surface area contributed by atoms with Crippen LogP contribution in [0.15, 0.2) is 36.5 Å². The maximum absolute atomic E-state index is 13.7. The highest BCUT2D eigenvalue weighted by molar-refractivity contribution is 6.30. The second-order valence-corrected chi connectivity index (χ2v) is 7.59. The van der Waals surface area contributed by atoms with Crippen LogP contribution in [-0.2, 0) is 17.6 Å². The Morgan fingerprint density at radius 3 is 2.65 bits per heavy atom. The van der Waals surface area contributed by atoms with Crippen molar-refractivity contribution in [3.8, 4) is 0 Å². The summed E-state index contributed by atoms with van der Waals surface area (Å²) in [7, 11) is 0. The van der Waals surface area contributed by atoms with Crippen molar-refractivity contribution in [2.75, 3.05) is 0 Å². The molecule has 4 nitrogen and oxygen atoms in total. The monoisotopic (exact) mass is 376 g/mol. The van der Waals surface area contributed by atoms with Crippen LogP contribution >= 0.6 is 11.6 Å². The van der Waals surface area contributed by atoms with Gasteiger partial charge in [0.1, 0.15) is 11.6 Å². The Morgan fingerprint density at radius 1 is 1.23 bits per heavy atom. The first kappa shape index (κ1) is 20.0. The average molecular weight is 377 g/mol. The van der Waals surface area contributed by atoms with Crippen LogP contribution in [0.4, 0.5) is 4.39 Å². The zero-order chi connectivity index (χ0) is 19.3. The van der Waals surface area contributed by atoms with Gasteiger partial charge in [0.25, 0.3) is 5.91 Å². The number of carbonyl (C=O) groups is 2. The summed E-state index contributed by atoms with van der Waals surface area (Å²) in [6.07, 6.45) is 1.97. The molecule has 0 radical (unpaired) electrons. The van der Waals surface area contributed by atoms with E-state index in [0.717, 1.165) is 0 Å². The molecule has 26 heavy (non-hydrogen) atoms. The van der Waals surface area contributed by atoms with Crippen molar-refractivity contribution in [2.45, 2.75) is 45.6 Å². The van der Waals surface area contributed by atoms with E-state index < -0.39 is 5.54 Å². The number of nitrogens with zero attached hydrogens (tertiary/aromatic N) is 1. The maximum atomic E-state index is 13.7. The van der Waals surface area contributed by atoms with E-state index in [1.807, 2.05) is 20.8 Å². The van der Waals surface area contributed by atoms with Crippen LogP contribution in [0.3, 0.4) is 0 Å². The number of ketones is 1. The Hall–Kier alpha value is -2.27. The third-order valence-electron chi connectivity index (χ3n) is 3.67. The third kappa shape index (κ3) is 5.92. The highest BCUT2D eigenvalue weighted by atomic mass is 35.5. The molecule has 1 heterocycles. The molecule has 1 aromatic heterocycles. The summed E-state index contributed by atoms with van der Waals surface area (Å²) in [5.74, 6) is -0.771. The van der Waals surface area contributed by atoms with E-state index in [1.54, 1.807) is 18.3 Å². The van der Waals surface area contributed by atoms with Gasteiger partial charge in [-0.2, -0.15) is 0 Å². The summed E-state index contributed by atoms with van der Waals surface area (Å²) in [6.45, 7) is 5.64. The van der Waals surface area contributed by atoms with Crippen molar-refractivity contribution in [3.63, 3.8) is 0 Å². The van der Waals surface area contributed by atoms with Crippen LogP contribution in [0.5, 0.6) is 0 Å². The van der Waals surface area contributed by atoms with E-state index in [1.165, 1.54) is 18.2 Å². The van der Waals surface area contributed by atoms with Gasteiger partial charge in [-0.25, -0.2) is 4.39 Å². The molecule has 0 fully saturated rings. The zero-order valence-electron chi connectivity index (χ0n) is 15.1. The molecule has 0 aliphatic rings. The van der Waals surface area contributed by atoms with Crippen LogP contribution in [-0.4, -0.2) is 22.2 Å². The van der Waals surface area contributed by atoms with Crippen LogP contribution < -0.4 is 5.32 Å². The normalized spacial score (nSPS) is 11.3. The number of aromatic nitrogens is 1. The van der Waals surface area contributed by atoms with Gasteiger partial charge in [-0.1, -0.05) is 11.6 Å². The Kier molecular flexibility index (Phi) is 6.48. The molecule has 0 saturated carbocycles. The van der Waals surface area contributed by atoms with Crippen LogP contribution in [0.25, 0.3) is 0 Å². The summed E-state index contributed by atoms with van der Waals surface area (Å²) in [4.78, 5) is 28.9. The molecule has 0 atom stereocenters. The first-order chi connectivity index (χ1) is 12.2. The smallest absolute Gasteiger partial charge is 0.253 e. The molecule has 0 saturated heterocycles. The van der Waals surface area contributed by atoms with E-state index in [9.17, 15) is 14.0 Å². The average Bonchev–Trinajstić information content (AvgIpc) is 2.54. The minimum absolute atomic E-state index is 0.0237. The highest BCUT2D eigenvalue weighted by Crippen LogP contribution is 2.17. The topological polar surface area (TPSA) is 59.1 Å². The van der Waals surface area contributed by atoms with E-state index in [-0.39, 0.29) is 36.8 Å². The molecule has 2 aromatic rings. The molecular formula is C20H22ClFN2O2. The number of halogens is 2. The summed E-state index contributed by atoms with van der Waals surface area (Å²) in [5.41, 5.74) is 0.811. The molecular weight excluding hydrogens is 355 g/mol. The number of hydrogen-bond acceptors (Lipinski definition) is 3. The molecule has 0 aliphatic carbocycles. The number of pyridine rings is 1. The molecule has 2 rings (SSSR count). The molecule has 138 valence electrons. The SMILES string of the molecule is CC(C)(C)NC(=O)c1cccnc1CC(=O)CCc1cc(Cl)ccc1F. The van der Waals surface area contributed by atoms with Gasteiger partial charge in [0.2, 0.25) is 0 Å². The number of carbonyl (C=O) groups excluding carboxylic acids is 2. The second-order valence-electron chi connectivity index (χ2n) is 7.15. The molecule has 6 heteroatoms. The lowest BCUT2D eigenvalue weighted by Gasteiger charge is -2.21.